The maximum atomic E-state index is 2.46. The zero-order chi connectivity index (χ0) is 23.0. The van der Waals surface area contributed by atoms with Crippen LogP contribution in [-0.2, 0) is 12.8 Å². The highest BCUT2D eigenvalue weighted by Gasteiger charge is 2.13. The number of aryl methyl sites for hydroxylation is 2. The van der Waals surface area contributed by atoms with E-state index in [1.54, 1.807) is 0 Å². The summed E-state index contributed by atoms with van der Waals surface area (Å²) in [6.07, 6.45) is 18.8. The lowest BCUT2D eigenvalue weighted by Crippen LogP contribution is -2.25. The quantitative estimate of drug-likeness (QED) is 0.223. The van der Waals surface area contributed by atoms with E-state index in [1.807, 2.05) is 0 Å². The molecule has 2 aromatic rings. The second-order valence-electron chi connectivity index (χ2n) is 9.83. The van der Waals surface area contributed by atoms with Gasteiger partial charge in [-0.2, -0.15) is 0 Å². The van der Waals surface area contributed by atoms with Crippen molar-refractivity contribution in [1.82, 2.24) is 0 Å². The van der Waals surface area contributed by atoms with E-state index in [2.05, 4.69) is 81.1 Å². The average molecular weight is 436 g/mol. The van der Waals surface area contributed by atoms with E-state index in [0.29, 0.717) is 6.04 Å². The molecule has 0 bridgehead atoms. The molecule has 1 heteroatoms. The Morgan fingerprint density at radius 3 is 1.19 bits per heavy atom. The fourth-order valence-electron chi connectivity index (χ4n) is 4.61. The molecule has 2 rings (SSSR count). The molecular weight excluding hydrogens is 386 g/mol. The molecule has 0 unspecified atom stereocenters. The first kappa shape index (κ1) is 26.5. The van der Waals surface area contributed by atoms with Crippen LogP contribution >= 0.6 is 0 Å². The molecule has 0 N–H and O–H groups in total. The smallest absolute Gasteiger partial charge is 0.0413 e. The first-order valence-corrected chi connectivity index (χ1v) is 13.6. The number of rotatable bonds is 17. The molecule has 1 nitrogen and oxygen atoms in total. The van der Waals surface area contributed by atoms with Gasteiger partial charge in [0.15, 0.2) is 0 Å². The molecule has 0 amide bonds. The van der Waals surface area contributed by atoms with E-state index in [0.717, 1.165) is 0 Å². The Bertz CT molecular complexity index is 639. The van der Waals surface area contributed by atoms with Gasteiger partial charge in [-0.15, -0.1) is 0 Å². The van der Waals surface area contributed by atoms with Crippen LogP contribution in [0.4, 0.5) is 11.4 Å². The largest absolute Gasteiger partial charge is 0.339 e. The number of nitrogens with zero attached hydrogens (tertiary/aromatic N) is 1. The Morgan fingerprint density at radius 2 is 0.844 bits per heavy atom. The zero-order valence-electron chi connectivity index (χ0n) is 21.5. The number of benzene rings is 2. The summed E-state index contributed by atoms with van der Waals surface area (Å²) in [5.41, 5.74) is 5.55. The van der Waals surface area contributed by atoms with Gasteiger partial charge in [0.2, 0.25) is 0 Å². The van der Waals surface area contributed by atoms with Crippen molar-refractivity contribution < 1.29 is 0 Å². The van der Waals surface area contributed by atoms with Crippen LogP contribution in [0.2, 0.25) is 0 Å². The lowest BCUT2D eigenvalue weighted by atomic mass is 10.0. The van der Waals surface area contributed by atoms with Gasteiger partial charge >= 0.3 is 0 Å². The molecular formula is C31H49N. The topological polar surface area (TPSA) is 3.24 Å². The molecule has 0 saturated heterocycles. The van der Waals surface area contributed by atoms with Crippen LogP contribution in [0.25, 0.3) is 0 Å². The van der Waals surface area contributed by atoms with Crippen LogP contribution in [0.5, 0.6) is 0 Å². The van der Waals surface area contributed by atoms with Crippen molar-refractivity contribution in [3.05, 3.63) is 59.7 Å². The summed E-state index contributed by atoms with van der Waals surface area (Å²) in [6, 6.07) is 19.0. The Hall–Kier alpha value is -1.76. The fraction of sp³-hybridized carbons (Fsp3) is 0.613. The molecule has 2 aromatic carbocycles. The standard InChI is InChI=1S/C31H49N/c1-5-7-9-11-13-15-17-28-19-23-30(24-20-28)32(27(3)4)31-25-21-29(22-26-31)18-16-14-12-10-8-6-2/h19-27H,5-18H2,1-4H3. The summed E-state index contributed by atoms with van der Waals surface area (Å²) < 4.78 is 0. The second-order valence-corrected chi connectivity index (χ2v) is 9.83. The van der Waals surface area contributed by atoms with E-state index >= 15 is 0 Å². The lowest BCUT2D eigenvalue weighted by Gasteiger charge is -2.29. The summed E-state index contributed by atoms with van der Waals surface area (Å²) in [4.78, 5) is 2.46. The summed E-state index contributed by atoms with van der Waals surface area (Å²) in [5, 5.41) is 0. The molecule has 0 aliphatic carbocycles. The summed E-state index contributed by atoms with van der Waals surface area (Å²) >= 11 is 0. The van der Waals surface area contributed by atoms with E-state index < -0.39 is 0 Å². The van der Waals surface area contributed by atoms with Crippen molar-refractivity contribution in [2.45, 2.75) is 124 Å². The minimum atomic E-state index is 0.434. The third kappa shape index (κ3) is 9.80. The minimum absolute atomic E-state index is 0.434. The third-order valence-electron chi connectivity index (χ3n) is 6.58. The number of unbranched alkanes of at least 4 members (excludes halogenated alkanes) is 10. The number of hydrogen-bond donors (Lipinski definition) is 0. The highest BCUT2D eigenvalue weighted by atomic mass is 15.2. The van der Waals surface area contributed by atoms with Gasteiger partial charge in [0.25, 0.3) is 0 Å². The lowest BCUT2D eigenvalue weighted by molar-refractivity contribution is 0.607. The summed E-state index contributed by atoms with van der Waals surface area (Å²) in [5.74, 6) is 0. The zero-order valence-corrected chi connectivity index (χ0v) is 21.5. The molecule has 0 atom stereocenters. The maximum absolute atomic E-state index is 2.46. The molecule has 0 heterocycles. The molecule has 0 aliphatic heterocycles. The SMILES string of the molecule is CCCCCCCCc1ccc(N(c2ccc(CCCCCCCC)cc2)C(C)C)cc1. The molecule has 0 fully saturated rings. The minimum Gasteiger partial charge on any atom is -0.339 e. The highest BCUT2D eigenvalue weighted by Crippen LogP contribution is 2.29. The first-order valence-electron chi connectivity index (χ1n) is 13.6. The molecule has 0 aliphatic rings. The van der Waals surface area contributed by atoms with Gasteiger partial charge in [-0.3, -0.25) is 0 Å². The number of hydrogen-bond acceptors (Lipinski definition) is 1. The van der Waals surface area contributed by atoms with Gasteiger partial charge < -0.3 is 4.90 Å². The third-order valence-corrected chi connectivity index (χ3v) is 6.58. The highest BCUT2D eigenvalue weighted by molar-refractivity contribution is 5.64. The van der Waals surface area contributed by atoms with Gasteiger partial charge in [0.1, 0.15) is 0 Å². The molecule has 0 saturated carbocycles. The fourth-order valence-corrected chi connectivity index (χ4v) is 4.61. The van der Waals surface area contributed by atoms with Crippen molar-refractivity contribution in [1.29, 1.82) is 0 Å². The Morgan fingerprint density at radius 1 is 0.500 bits per heavy atom. The van der Waals surface area contributed by atoms with Crippen LogP contribution in [0.1, 0.15) is 116 Å². The predicted octanol–water partition coefficient (Wildman–Crippen LogP) is 10.0. The average Bonchev–Trinajstić information content (AvgIpc) is 2.80. The van der Waals surface area contributed by atoms with E-state index in [-0.39, 0.29) is 0 Å². The van der Waals surface area contributed by atoms with Crippen molar-refractivity contribution in [2.75, 3.05) is 4.90 Å². The van der Waals surface area contributed by atoms with Crippen molar-refractivity contribution in [3.63, 3.8) is 0 Å². The van der Waals surface area contributed by atoms with Crippen molar-refractivity contribution in [3.8, 4) is 0 Å². The monoisotopic (exact) mass is 435 g/mol. The van der Waals surface area contributed by atoms with Gasteiger partial charge in [0, 0.05) is 17.4 Å². The van der Waals surface area contributed by atoms with Crippen LogP contribution < -0.4 is 4.90 Å². The van der Waals surface area contributed by atoms with E-state index in [1.165, 1.54) is 112 Å². The van der Waals surface area contributed by atoms with Crippen LogP contribution in [0.15, 0.2) is 48.5 Å². The number of anilines is 2. The van der Waals surface area contributed by atoms with Crippen molar-refractivity contribution >= 4 is 11.4 Å². The predicted molar refractivity (Wildman–Crippen MR) is 144 cm³/mol. The Balaban J connectivity index is 1.86. The summed E-state index contributed by atoms with van der Waals surface area (Å²) in [7, 11) is 0. The molecule has 0 spiro atoms. The Kier molecular flexibility index (Phi) is 13.2. The molecule has 0 aromatic heterocycles. The summed E-state index contributed by atoms with van der Waals surface area (Å²) in [6.45, 7) is 9.14. The van der Waals surface area contributed by atoms with Crippen molar-refractivity contribution in [2.24, 2.45) is 0 Å². The maximum Gasteiger partial charge on any atom is 0.0413 e. The van der Waals surface area contributed by atoms with Gasteiger partial charge in [-0.1, -0.05) is 102 Å². The Labute approximate surface area is 199 Å². The first-order chi connectivity index (χ1) is 15.7. The van der Waals surface area contributed by atoms with E-state index in [9.17, 15) is 0 Å². The van der Waals surface area contributed by atoms with Crippen LogP contribution in [0.3, 0.4) is 0 Å². The van der Waals surface area contributed by atoms with Gasteiger partial charge in [-0.25, -0.2) is 0 Å². The van der Waals surface area contributed by atoms with Gasteiger partial charge in [0.05, 0.1) is 0 Å². The second kappa shape index (κ2) is 15.9. The van der Waals surface area contributed by atoms with Crippen LogP contribution in [0, 0.1) is 0 Å². The molecule has 0 radical (unpaired) electrons. The van der Waals surface area contributed by atoms with Gasteiger partial charge in [-0.05, 0) is 74.9 Å². The normalized spacial score (nSPS) is 11.3. The molecule has 32 heavy (non-hydrogen) atoms. The molecule has 178 valence electrons. The van der Waals surface area contributed by atoms with E-state index in [4.69, 9.17) is 0 Å². The van der Waals surface area contributed by atoms with Crippen LogP contribution in [-0.4, -0.2) is 6.04 Å².